The Balaban J connectivity index is 1.84. The largest absolute Gasteiger partial charge is 0.462 e. The van der Waals surface area contributed by atoms with Crippen molar-refractivity contribution >= 4 is 34.0 Å². The van der Waals surface area contributed by atoms with Gasteiger partial charge in [-0.15, -0.1) is 0 Å². The molecular formula is C24H34N4O2. The van der Waals surface area contributed by atoms with Crippen LogP contribution in [0.1, 0.15) is 76.1 Å². The fraction of sp³-hybridized carbons (Fsp3) is 0.542. The third-order valence-corrected chi connectivity index (χ3v) is 5.46. The van der Waals surface area contributed by atoms with E-state index in [9.17, 15) is 4.79 Å². The summed E-state index contributed by atoms with van der Waals surface area (Å²) >= 11 is 0. The molecule has 0 radical (unpaired) electrons. The number of ether oxygens (including phenoxy) is 1. The first kappa shape index (κ1) is 22.1. The predicted octanol–water partition coefficient (Wildman–Crippen LogP) is 5.73. The molecule has 3 rings (SSSR count). The lowest BCUT2D eigenvalue weighted by molar-refractivity contribution is 0.0501. The van der Waals surface area contributed by atoms with Gasteiger partial charge in [0.2, 0.25) is 0 Å². The summed E-state index contributed by atoms with van der Waals surface area (Å²) in [6, 6.07) is 7.67. The Morgan fingerprint density at radius 2 is 1.73 bits per heavy atom. The highest BCUT2D eigenvalue weighted by Crippen LogP contribution is 2.29. The van der Waals surface area contributed by atoms with Gasteiger partial charge >= 0.3 is 5.97 Å². The number of benzene rings is 1. The van der Waals surface area contributed by atoms with Crippen LogP contribution in [0.4, 0.5) is 5.82 Å². The zero-order chi connectivity index (χ0) is 21.5. The zero-order valence-corrected chi connectivity index (χ0v) is 18.5. The number of nitrogens with zero attached hydrogens (tertiary/aromatic N) is 3. The Labute approximate surface area is 178 Å². The molecule has 2 heterocycles. The second-order valence-electron chi connectivity index (χ2n) is 8.38. The van der Waals surface area contributed by atoms with Crippen LogP contribution in [0.3, 0.4) is 0 Å². The average molecular weight is 411 g/mol. The number of esters is 1. The Morgan fingerprint density at radius 3 is 2.43 bits per heavy atom. The van der Waals surface area contributed by atoms with E-state index in [1.165, 1.54) is 25.7 Å². The topological polar surface area (TPSA) is 83.0 Å². The number of aryl methyl sites for hydroxylation is 1. The second kappa shape index (κ2) is 10.4. The molecule has 0 saturated heterocycles. The van der Waals surface area contributed by atoms with E-state index in [0.29, 0.717) is 41.6 Å². The van der Waals surface area contributed by atoms with Gasteiger partial charge in [-0.2, -0.15) is 0 Å². The maximum atomic E-state index is 12.9. The van der Waals surface area contributed by atoms with Crippen molar-refractivity contribution in [3.63, 3.8) is 0 Å². The second-order valence-corrected chi connectivity index (χ2v) is 8.38. The third-order valence-electron chi connectivity index (χ3n) is 5.46. The van der Waals surface area contributed by atoms with Gasteiger partial charge < -0.3 is 15.0 Å². The maximum Gasteiger partial charge on any atom is 0.344 e. The number of carbonyl (C=O) groups excluding carboxylic acids is 1. The normalized spacial score (nSPS) is 11.6. The molecule has 30 heavy (non-hydrogen) atoms. The molecule has 162 valence electrons. The number of carbonyl (C=O) groups is 1. The van der Waals surface area contributed by atoms with Gasteiger partial charge in [-0.1, -0.05) is 65.0 Å². The molecule has 1 aromatic carbocycles. The first-order valence-corrected chi connectivity index (χ1v) is 11.2. The number of nitrogens with two attached hydrogens (primary N) is 1. The highest BCUT2D eigenvalue weighted by Gasteiger charge is 2.25. The molecule has 0 atom stereocenters. The molecule has 2 aromatic heterocycles. The van der Waals surface area contributed by atoms with Crippen LogP contribution in [-0.2, 0) is 11.3 Å². The van der Waals surface area contributed by atoms with Gasteiger partial charge in [0.25, 0.3) is 0 Å². The van der Waals surface area contributed by atoms with Crippen molar-refractivity contribution in [2.75, 3.05) is 12.3 Å². The monoisotopic (exact) mass is 410 g/mol. The van der Waals surface area contributed by atoms with E-state index in [4.69, 9.17) is 20.4 Å². The van der Waals surface area contributed by atoms with Crippen LogP contribution in [-0.4, -0.2) is 27.1 Å². The lowest BCUT2D eigenvalue weighted by atomic mass is 10.1. The summed E-state index contributed by atoms with van der Waals surface area (Å²) in [5.41, 5.74) is 9.50. The number of anilines is 1. The molecule has 2 N–H and O–H groups in total. The number of aromatic nitrogens is 3. The van der Waals surface area contributed by atoms with Crippen LogP contribution < -0.4 is 5.73 Å². The summed E-state index contributed by atoms with van der Waals surface area (Å²) in [5, 5.41) is 0. The molecule has 0 aliphatic rings. The van der Waals surface area contributed by atoms with Crippen molar-refractivity contribution in [3.8, 4) is 0 Å². The van der Waals surface area contributed by atoms with Gasteiger partial charge in [0.1, 0.15) is 16.9 Å². The molecule has 0 spiro atoms. The van der Waals surface area contributed by atoms with Crippen LogP contribution in [0.5, 0.6) is 0 Å². The van der Waals surface area contributed by atoms with Crippen LogP contribution >= 0.6 is 0 Å². The van der Waals surface area contributed by atoms with Crippen LogP contribution in [0, 0.1) is 5.92 Å². The lowest BCUT2D eigenvalue weighted by Crippen LogP contribution is -2.11. The molecule has 3 aromatic rings. The minimum absolute atomic E-state index is 0.345. The van der Waals surface area contributed by atoms with E-state index >= 15 is 0 Å². The molecule has 0 aliphatic carbocycles. The Kier molecular flexibility index (Phi) is 7.66. The van der Waals surface area contributed by atoms with E-state index in [0.717, 1.165) is 30.3 Å². The summed E-state index contributed by atoms with van der Waals surface area (Å²) in [6.45, 7) is 7.63. The third kappa shape index (κ3) is 5.10. The quantitative estimate of drug-likeness (QED) is 0.322. The fourth-order valence-corrected chi connectivity index (χ4v) is 3.65. The summed E-state index contributed by atoms with van der Waals surface area (Å²) in [4.78, 5) is 22.4. The molecular weight excluding hydrogens is 376 g/mol. The highest BCUT2D eigenvalue weighted by molar-refractivity contribution is 6.08. The molecule has 0 fully saturated rings. The van der Waals surface area contributed by atoms with Gasteiger partial charge in [-0.3, -0.25) is 0 Å². The smallest absolute Gasteiger partial charge is 0.344 e. The van der Waals surface area contributed by atoms with Crippen LogP contribution in [0.2, 0.25) is 0 Å². The summed E-state index contributed by atoms with van der Waals surface area (Å²) in [5.74, 6) is 0.506. The Hall–Kier alpha value is -2.63. The summed E-state index contributed by atoms with van der Waals surface area (Å²) in [7, 11) is 0. The minimum atomic E-state index is -0.404. The van der Waals surface area contributed by atoms with Gasteiger partial charge in [0.15, 0.2) is 5.65 Å². The molecule has 6 heteroatoms. The minimum Gasteiger partial charge on any atom is -0.462 e. The summed E-state index contributed by atoms with van der Waals surface area (Å²) < 4.78 is 7.49. The predicted molar refractivity (Wildman–Crippen MR) is 123 cm³/mol. The summed E-state index contributed by atoms with van der Waals surface area (Å²) in [6.07, 6.45) is 7.79. The number of para-hydroxylation sites is 2. The standard InChI is InChI=1S/C24H34N4O2/c1-4-5-6-7-8-11-16-30-24(29)20-21-23(28(22(20)25)15-14-17(2)3)27-19-13-10-9-12-18(19)26-21/h9-10,12-13,17H,4-8,11,14-16,25H2,1-3H3. The number of hydrogen-bond donors (Lipinski definition) is 1. The van der Waals surface area contributed by atoms with E-state index in [-0.39, 0.29) is 0 Å². The van der Waals surface area contributed by atoms with Gasteiger partial charge in [0, 0.05) is 6.54 Å². The van der Waals surface area contributed by atoms with Gasteiger partial charge in [-0.25, -0.2) is 14.8 Å². The van der Waals surface area contributed by atoms with Crippen molar-refractivity contribution in [1.82, 2.24) is 14.5 Å². The average Bonchev–Trinajstić information content (AvgIpc) is 3.00. The number of nitrogen functional groups attached to an aromatic ring is 1. The molecule has 0 saturated carbocycles. The van der Waals surface area contributed by atoms with E-state index < -0.39 is 5.97 Å². The van der Waals surface area contributed by atoms with E-state index in [1.54, 1.807) is 0 Å². The fourth-order valence-electron chi connectivity index (χ4n) is 3.65. The van der Waals surface area contributed by atoms with Crippen molar-refractivity contribution in [3.05, 3.63) is 29.8 Å². The maximum absolute atomic E-state index is 12.9. The first-order valence-electron chi connectivity index (χ1n) is 11.2. The van der Waals surface area contributed by atoms with Crippen LogP contribution in [0.15, 0.2) is 24.3 Å². The number of rotatable bonds is 11. The van der Waals surface area contributed by atoms with Crippen molar-refractivity contribution in [1.29, 1.82) is 0 Å². The van der Waals surface area contributed by atoms with Crippen LogP contribution in [0.25, 0.3) is 22.2 Å². The molecule has 0 unspecified atom stereocenters. The van der Waals surface area contributed by atoms with Gasteiger partial charge in [-0.05, 0) is 30.9 Å². The zero-order valence-electron chi connectivity index (χ0n) is 18.5. The van der Waals surface area contributed by atoms with Crippen molar-refractivity contribution in [2.24, 2.45) is 5.92 Å². The SMILES string of the molecule is CCCCCCCCOC(=O)c1c(N)n(CCC(C)C)c2nc3ccccc3nc12. The van der Waals surface area contributed by atoms with E-state index in [1.807, 2.05) is 28.8 Å². The molecule has 0 aliphatic heterocycles. The number of hydrogen-bond acceptors (Lipinski definition) is 5. The Bertz CT molecular complexity index is 994. The van der Waals surface area contributed by atoms with Crippen molar-refractivity contribution < 1.29 is 9.53 Å². The molecule has 0 amide bonds. The van der Waals surface area contributed by atoms with E-state index in [2.05, 4.69) is 20.8 Å². The lowest BCUT2D eigenvalue weighted by Gasteiger charge is -2.09. The van der Waals surface area contributed by atoms with Gasteiger partial charge in [0.05, 0.1) is 17.6 Å². The number of unbranched alkanes of at least 4 members (excludes halogenated alkanes) is 5. The first-order chi connectivity index (χ1) is 14.5. The Morgan fingerprint density at radius 1 is 1.07 bits per heavy atom. The molecule has 0 bridgehead atoms. The molecule has 6 nitrogen and oxygen atoms in total. The number of fused-ring (bicyclic) bond motifs is 2. The van der Waals surface area contributed by atoms with Crippen molar-refractivity contribution in [2.45, 2.75) is 72.3 Å². The highest BCUT2D eigenvalue weighted by atomic mass is 16.5.